The summed E-state index contributed by atoms with van der Waals surface area (Å²) in [5.74, 6) is 0.904. The van der Waals surface area contributed by atoms with E-state index in [2.05, 4.69) is 18.7 Å². The SMILES string of the molecule is CCC.NC1CC1N1CCC(Oc2ccc(Cl)cc2)C1. The van der Waals surface area contributed by atoms with Gasteiger partial charge in [0.1, 0.15) is 11.9 Å². The number of nitrogens with zero attached hydrogens (tertiary/aromatic N) is 1. The Morgan fingerprint density at radius 3 is 2.45 bits per heavy atom. The summed E-state index contributed by atoms with van der Waals surface area (Å²) in [5.41, 5.74) is 5.86. The predicted molar refractivity (Wildman–Crippen MR) is 84.4 cm³/mol. The molecule has 3 rings (SSSR count). The molecule has 3 unspecified atom stereocenters. The quantitative estimate of drug-likeness (QED) is 0.930. The first-order chi connectivity index (χ1) is 9.63. The van der Waals surface area contributed by atoms with Crippen molar-refractivity contribution >= 4 is 11.6 Å². The van der Waals surface area contributed by atoms with Crippen LogP contribution in [0, 0.1) is 0 Å². The molecule has 4 heteroatoms. The molecule has 3 nitrogen and oxygen atoms in total. The fourth-order valence-electron chi connectivity index (χ4n) is 2.48. The molecule has 20 heavy (non-hydrogen) atoms. The standard InChI is InChI=1S/C13H17ClN2O.C3H8/c14-9-1-3-10(4-2-9)17-11-5-6-16(8-11)13-7-12(13)15;1-3-2/h1-4,11-13H,5-8,15H2;3H2,1-2H3. The van der Waals surface area contributed by atoms with Crippen molar-refractivity contribution in [2.75, 3.05) is 13.1 Å². The molecule has 1 saturated carbocycles. The van der Waals surface area contributed by atoms with Crippen LogP contribution in [-0.4, -0.2) is 36.2 Å². The molecule has 3 atom stereocenters. The Morgan fingerprint density at radius 1 is 1.30 bits per heavy atom. The van der Waals surface area contributed by atoms with E-state index in [1.807, 2.05) is 24.3 Å². The Balaban J connectivity index is 0.000000452. The number of benzene rings is 1. The van der Waals surface area contributed by atoms with Crippen LogP contribution >= 0.6 is 11.6 Å². The number of nitrogens with two attached hydrogens (primary N) is 1. The molecule has 0 aromatic heterocycles. The van der Waals surface area contributed by atoms with E-state index in [1.165, 1.54) is 6.42 Å². The maximum atomic E-state index is 5.93. The monoisotopic (exact) mass is 296 g/mol. The van der Waals surface area contributed by atoms with E-state index in [4.69, 9.17) is 22.1 Å². The third kappa shape index (κ3) is 4.37. The van der Waals surface area contributed by atoms with E-state index < -0.39 is 0 Å². The lowest BCUT2D eigenvalue weighted by Gasteiger charge is -2.16. The second-order valence-electron chi connectivity index (χ2n) is 5.65. The highest BCUT2D eigenvalue weighted by Gasteiger charge is 2.42. The number of likely N-dealkylation sites (tertiary alicyclic amines) is 1. The minimum atomic E-state index is 0.295. The molecule has 2 fully saturated rings. The zero-order chi connectivity index (χ0) is 14.5. The van der Waals surface area contributed by atoms with Gasteiger partial charge in [0.05, 0.1) is 0 Å². The highest BCUT2D eigenvalue weighted by molar-refractivity contribution is 6.30. The minimum absolute atomic E-state index is 0.295. The highest BCUT2D eigenvalue weighted by atomic mass is 35.5. The summed E-state index contributed by atoms with van der Waals surface area (Å²) in [7, 11) is 0. The zero-order valence-corrected chi connectivity index (χ0v) is 13.1. The van der Waals surface area contributed by atoms with E-state index in [0.717, 1.165) is 36.7 Å². The van der Waals surface area contributed by atoms with E-state index in [-0.39, 0.29) is 0 Å². The molecular weight excluding hydrogens is 272 g/mol. The van der Waals surface area contributed by atoms with Crippen molar-refractivity contribution in [1.82, 2.24) is 4.90 Å². The van der Waals surface area contributed by atoms with E-state index in [1.54, 1.807) is 0 Å². The van der Waals surface area contributed by atoms with E-state index in [9.17, 15) is 0 Å². The van der Waals surface area contributed by atoms with Crippen molar-refractivity contribution in [3.63, 3.8) is 0 Å². The Bertz CT molecular complexity index is 409. The molecule has 1 saturated heterocycles. The second-order valence-corrected chi connectivity index (χ2v) is 6.09. The average molecular weight is 297 g/mol. The van der Waals surface area contributed by atoms with Crippen LogP contribution in [0.4, 0.5) is 0 Å². The summed E-state index contributed by atoms with van der Waals surface area (Å²) in [4.78, 5) is 2.45. The molecule has 112 valence electrons. The Morgan fingerprint density at radius 2 is 1.90 bits per heavy atom. The first-order valence-electron chi connectivity index (χ1n) is 7.55. The van der Waals surface area contributed by atoms with Crippen molar-refractivity contribution in [2.45, 2.75) is 51.3 Å². The molecule has 1 aromatic carbocycles. The van der Waals surface area contributed by atoms with Gasteiger partial charge in [0.15, 0.2) is 0 Å². The maximum absolute atomic E-state index is 5.93. The van der Waals surface area contributed by atoms with Crippen molar-refractivity contribution < 1.29 is 4.74 Å². The van der Waals surface area contributed by atoms with Gasteiger partial charge in [0, 0.05) is 30.2 Å². The van der Waals surface area contributed by atoms with Gasteiger partial charge in [0.25, 0.3) is 0 Å². The summed E-state index contributed by atoms with van der Waals surface area (Å²) in [6.07, 6.45) is 3.78. The molecule has 1 aliphatic heterocycles. The van der Waals surface area contributed by atoms with Crippen LogP contribution in [0.5, 0.6) is 5.75 Å². The van der Waals surface area contributed by atoms with Gasteiger partial charge in [-0.25, -0.2) is 0 Å². The number of rotatable bonds is 3. The number of ether oxygens (including phenoxy) is 1. The van der Waals surface area contributed by atoms with Gasteiger partial charge in [-0.05, 0) is 37.1 Å². The summed E-state index contributed by atoms with van der Waals surface area (Å²) in [6.45, 7) is 6.36. The molecule has 1 heterocycles. The van der Waals surface area contributed by atoms with Crippen molar-refractivity contribution in [2.24, 2.45) is 5.73 Å². The van der Waals surface area contributed by atoms with Gasteiger partial charge in [-0.15, -0.1) is 0 Å². The number of hydrogen-bond donors (Lipinski definition) is 1. The maximum Gasteiger partial charge on any atom is 0.119 e. The topological polar surface area (TPSA) is 38.5 Å². The summed E-state index contributed by atoms with van der Waals surface area (Å²) < 4.78 is 5.93. The zero-order valence-electron chi connectivity index (χ0n) is 12.4. The summed E-state index contributed by atoms with van der Waals surface area (Å²) >= 11 is 5.84. The van der Waals surface area contributed by atoms with Crippen LogP contribution in [0.25, 0.3) is 0 Å². The smallest absolute Gasteiger partial charge is 0.119 e. The van der Waals surface area contributed by atoms with E-state index in [0.29, 0.717) is 18.2 Å². The normalized spacial score (nSPS) is 28.7. The first-order valence-corrected chi connectivity index (χ1v) is 7.93. The summed E-state index contributed by atoms with van der Waals surface area (Å²) in [6, 6.07) is 8.57. The lowest BCUT2D eigenvalue weighted by Crippen LogP contribution is -2.30. The van der Waals surface area contributed by atoms with Gasteiger partial charge >= 0.3 is 0 Å². The molecule has 0 amide bonds. The molecule has 2 aliphatic rings. The van der Waals surface area contributed by atoms with Gasteiger partial charge in [0.2, 0.25) is 0 Å². The van der Waals surface area contributed by atoms with Crippen LogP contribution in [0.3, 0.4) is 0 Å². The molecule has 1 aliphatic carbocycles. The lowest BCUT2D eigenvalue weighted by molar-refractivity contribution is 0.197. The van der Waals surface area contributed by atoms with Gasteiger partial charge in [-0.2, -0.15) is 0 Å². The third-order valence-electron chi connectivity index (χ3n) is 3.57. The predicted octanol–water partition coefficient (Wildman–Crippen LogP) is 3.31. The second kappa shape index (κ2) is 7.30. The van der Waals surface area contributed by atoms with Gasteiger partial charge < -0.3 is 10.5 Å². The first kappa shape index (κ1) is 15.6. The lowest BCUT2D eigenvalue weighted by atomic mass is 10.3. The largest absolute Gasteiger partial charge is 0.489 e. The van der Waals surface area contributed by atoms with Crippen molar-refractivity contribution in [3.8, 4) is 5.75 Å². The van der Waals surface area contributed by atoms with Gasteiger partial charge in [-0.1, -0.05) is 31.9 Å². The van der Waals surface area contributed by atoms with Gasteiger partial charge in [-0.3, -0.25) is 4.90 Å². The summed E-state index contributed by atoms with van der Waals surface area (Å²) in [5, 5.41) is 0.745. The van der Waals surface area contributed by atoms with Crippen LogP contribution < -0.4 is 10.5 Å². The Hall–Kier alpha value is -0.770. The minimum Gasteiger partial charge on any atom is -0.489 e. The Labute approximate surface area is 127 Å². The number of halogens is 1. The van der Waals surface area contributed by atoms with Crippen LogP contribution in [0.1, 0.15) is 33.1 Å². The van der Waals surface area contributed by atoms with Crippen molar-refractivity contribution in [3.05, 3.63) is 29.3 Å². The van der Waals surface area contributed by atoms with E-state index >= 15 is 0 Å². The molecule has 2 N–H and O–H groups in total. The van der Waals surface area contributed by atoms with Crippen LogP contribution in [0.15, 0.2) is 24.3 Å². The molecular formula is C16H25ClN2O. The molecule has 1 aromatic rings. The molecule has 0 bridgehead atoms. The average Bonchev–Trinajstić information content (AvgIpc) is 2.98. The molecule has 0 spiro atoms. The van der Waals surface area contributed by atoms with Crippen molar-refractivity contribution in [1.29, 1.82) is 0 Å². The van der Waals surface area contributed by atoms with Crippen LogP contribution in [-0.2, 0) is 0 Å². The van der Waals surface area contributed by atoms with Crippen LogP contribution in [0.2, 0.25) is 5.02 Å². The Kier molecular flexibility index (Phi) is 5.70. The fraction of sp³-hybridized carbons (Fsp3) is 0.625. The number of hydrogen-bond acceptors (Lipinski definition) is 3. The third-order valence-corrected chi connectivity index (χ3v) is 3.82. The highest BCUT2D eigenvalue weighted by Crippen LogP contribution is 2.30. The fourth-order valence-corrected chi connectivity index (χ4v) is 2.60. The molecule has 0 radical (unpaired) electrons.